The second kappa shape index (κ2) is 12.6. The minimum Gasteiger partial charge on any atom is -0.505 e. The molecule has 0 fully saturated rings. The van der Waals surface area contributed by atoms with Crippen molar-refractivity contribution in [1.29, 1.82) is 0 Å². The molecule has 4 aromatic rings. The molecule has 0 saturated heterocycles. The fraction of sp³-hybridized carbons (Fsp3) is 0.452. The van der Waals surface area contributed by atoms with Gasteiger partial charge in [0.25, 0.3) is 0 Å². The van der Waals surface area contributed by atoms with Gasteiger partial charge in [0, 0.05) is 22.4 Å². The fourth-order valence-electron chi connectivity index (χ4n) is 4.61. The summed E-state index contributed by atoms with van der Waals surface area (Å²) in [6.07, 6.45) is 7.77. The Bertz CT molecular complexity index is 1350. The predicted molar refractivity (Wildman–Crippen MR) is 155 cm³/mol. The van der Waals surface area contributed by atoms with Gasteiger partial charge in [-0.1, -0.05) is 84.1 Å². The number of esters is 1. The molecule has 0 bridgehead atoms. The van der Waals surface area contributed by atoms with Crippen molar-refractivity contribution in [2.45, 2.75) is 84.5 Å². The number of carbonyl (C=O) groups excluding carboxylic acids is 1. The molecule has 2 heterocycles. The number of phenolic OH excluding ortho intramolecular Hbond substituents is 1. The zero-order chi connectivity index (χ0) is 27.1. The summed E-state index contributed by atoms with van der Waals surface area (Å²) >= 11 is 1.66. The average molecular weight is 534 g/mol. The van der Waals surface area contributed by atoms with Crippen LogP contribution in [0.3, 0.4) is 0 Å². The van der Waals surface area contributed by atoms with E-state index in [-0.39, 0.29) is 17.1 Å². The standard InChI is InChI=1S/C31H39N3O3S/c1-5-6-7-8-9-10-18-37-28(35)17-16-22-20-24(31(2,3)4)30(36)26(21-22)34-32-25-14-11-13-23(29(25)33-34)27-15-12-19-38-27/h11-15,19-21,36H,5-10,16-18H2,1-4H3. The summed E-state index contributed by atoms with van der Waals surface area (Å²) in [6, 6.07) is 13.9. The summed E-state index contributed by atoms with van der Waals surface area (Å²) in [7, 11) is 0. The third-order valence-electron chi connectivity index (χ3n) is 6.75. The number of carbonyl (C=O) groups is 1. The lowest BCUT2D eigenvalue weighted by molar-refractivity contribution is -0.143. The predicted octanol–water partition coefficient (Wildman–Crippen LogP) is 7.99. The van der Waals surface area contributed by atoms with Gasteiger partial charge < -0.3 is 9.84 Å². The van der Waals surface area contributed by atoms with Gasteiger partial charge in [0.2, 0.25) is 0 Å². The number of hydrogen-bond acceptors (Lipinski definition) is 6. The van der Waals surface area contributed by atoms with Crippen LogP contribution in [-0.4, -0.2) is 32.7 Å². The monoisotopic (exact) mass is 533 g/mol. The summed E-state index contributed by atoms with van der Waals surface area (Å²) < 4.78 is 5.48. The number of phenols is 1. The maximum Gasteiger partial charge on any atom is 0.306 e. The summed E-state index contributed by atoms with van der Waals surface area (Å²) in [5.74, 6) is -0.0288. The topological polar surface area (TPSA) is 77.2 Å². The number of aromatic hydroxyl groups is 1. The van der Waals surface area contributed by atoms with Gasteiger partial charge in [0.15, 0.2) is 0 Å². The zero-order valence-electron chi connectivity index (χ0n) is 23.0. The summed E-state index contributed by atoms with van der Waals surface area (Å²) in [4.78, 5) is 15.1. The lowest BCUT2D eigenvalue weighted by Crippen LogP contribution is -2.14. The molecular formula is C31H39N3O3S. The van der Waals surface area contributed by atoms with Crippen molar-refractivity contribution in [2.24, 2.45) is 0 Å². The van der Waals surface area contributed by atoms with Crippen LogP contribution in [0.15, 0.2) is 47.8 Å². The van der Waals surface area contributed by atoms with E-state index in [1.165, 1.54) is 30.5 Å². The van der Waals surface area contributed by atoms with E-state index in [4.69, 9.17) is 14.9 Å². The number of ether oxygens (including phenoxy) is 1. The third kappa shape index (κ3) is 6.81. The number of thiophene rings is 1. The van der Waals surface area contributed by atoms with E-state index in [9.17, 15) is 9.90 Å². The Morgan fingerprint density at radius 1 is 1.03 bits per heavy atom. The van der Waals surface area contributed by atoms with Crippen LogP contribution < -0.4 is 0 Å². The summed E-state index contributed by atoms with van der Waals surface area (Å²) in [6.45, 7) is 8.87. The van der Waals surface area contributed by atoms with Crippen molar-refractivity contribution >= 4 is 28.3 Å². The van der Waals surface area contributed by atoms with Crippen molar-refractivity contribution in [3.8, 4) is 21.9 Å². The Labute approximate surface area is 229 Å². The second-order valence-corrected chi connectivity index (χ2v) is 11.8. The van der Waals surface area contributed by atoms with Crippen molar-refractivity contribution < 1.29 is 14.6 Å². The molecule has 202 valence electrons. The van der Waals surface area contributed by atoms with Crippen LogP contribution in [0.1, 0.15) is 83.8 Å². The van der Waals surface area contributed by atoms with Gasteiger partial charge in [-0.05, 0) is 47.4 Å². The van der Waals surface area contributed by atoms with Crippen molar-refractivity contribution in [1.82, 2.24) is 15.0 Å². The van der Waals surface area contributed by atoms with E-state index in [1.54, 1.807) is 11.3 Å². The number of aromatic nitrogens is 3. The molecule has 0 unspecified atom stereocenters. The lowest BCUT2D eigenvalue weighted by atomic mass is 9.84. The molecule has 0 radical (unpaired) electrons. The van der Waals surface area contributed by atoms with E-state index in [0.717, 1.165) is 45.4 Å². The molecule has 0 aliphatic heterocycles. The van der Waals surface area contributed by atoms with Crippen LogP contribution in [-0.2, 0) is 21.4 Å². The minimum atomic E-state index is -0.304. The minimum absolute atomic E-state index is 0.157. The Morgan fingerprint density at radius 3 is 2.55 bits per heavy atom. The molecule has 0 aliphatic carbocycles. The Kier molecular flexibility index (Phi) is 9.21. The van der Waals surface area contributed by atoms with E-state index in [1.807, 2.05) is 41.8 Å². The maximum atomic E-state index is 12.4. The number of aryl methyl sites for hydroxylation is 1. The second-order valence-electron chi connectivity index (χ2n) is 10.9. The highest BCUT2D eigenvalue weighted by molar-refractivity contribution is 7.13. The fourth-order valence-corrected chi connectivity index (χ4v) is 5.36. The van der Waals surface area contributed by atoms with Gasteiger partial charge >= 0.3 is 5.97 Å². The Balaban J connectivity index is 1.53. The molecule has 0 spiro atoms. The van der Waals surface area contributed by atoms with E-state index in [2.05, 4.69) is 33.8 Å². The van der Waals surface area contributed by atoms with Crippen LogP contribution in [0.2, 0.25) is 0 Å². The van der Waals surface area contributed by atoms with Crippen molar-refractivity contribution in [3.63, 3.8) is 0 Å². The third-order valence-corrected chi connectivity index (χ3v) is 7.65. The Morgan fingerprint density at radius 2 is 1.82 bits per heavy atom. The van der Waals surface area contributed by atoms with Gasteiger partial charge in [-0.25, -0.2) is 0 Å². The van der Waals surface area contributed by atoms with Crippen molar-refractivity contribution in [3.05, 3.63) is 59.0 Å². The zero-order valence-corrected chi connectivity index (χ0v) is 23.8. The molecule has 1 N–H and O–H groups in total. The van der Waals surface area contributed by atoms with Crippen LogP contribution in [0.4, 0.5) is 0 Å². The average Bonchev–Trinajstić information content (AvgIpc) is 3.57. The van der Waals surface area contributed by atoms with E-state index >= 15 is 0 Å². The number of nitrogens with zero attached hydrogens (tertiary/aromatic N) is 3. The first kappa shape index (κ1) is 27.8. The number of fused-ring (bicyclic) bond motifs is 1. The molecule has 0 aliphatic rings. The Hall–Kier alpha value is -3.19. The molecule has 2 aromatic carbocycles. The smallest absolute Gasteiger partial charge is 0.306 e. The van der Waals surface area contributed by atoms with Crippen molar-refractivity contribution in [2.75, 3.05) is 6.61 Å². The summed E-state index contributed by atoms with van der Waals surface area (Å²) in [5.41, 5.74) is 4.52. The van der Waals surface area contributed by atoms with Gasteiger partial charge in [-0.3, -0.25) is 4.79 Å². The number of unbranched alkanes of at least 4 members (excludes halogenated alkanes) is 5. The van der Waals surface area contributed by atoms with Gasteiger partial charge in [0.05, 0.1) is 6.61 Å². The molecule has 0 atom stereocenters. The first-order valence-electron chi connectivity index (χ1n) is 13.7. The molecule has 0 saturated carbocycles. The largest absolute Gasteiger partial charge is 0.505 e. The molecule has 2 aromatic heterocycles. The van der Waals surface area contributed by atoms with Gasteiger partial charge in [-0.2, -0.15) is 0 Å². The van der Waals surface area contributed by atoms with Gasteiger partial charge in [-0.15, -0.1) is 26.3 Å². The molecule has 7 heteroatoms. The van der Waals surface area contributed by atoms with Gasteiger partial charge in [0.1, 0.15) is 22.5 Å². The first-order valence-corrected chi connectivity index (χ1v) is 14.6. The lowest BCUT2D eigenvalue weighted by Gasteiger charge is -2.23. The highest BCUT2D eigenvalue weighted by Gasteiger charge is 2.24. The van der Waals surface area contributed by atoms with Crippen LogP contribution in [0.5, 0.6) is 5.75 Å². The number of benzene rings is 2. The van der Waals surface area contributed by atoms with Crippen LogP contribution in [0, 0.1) is 0 Å². The van der Waals surface area contributed by atoms with Crippen LogP contribution >= 0.6 is 11.3 Å². The SMILES string of the molecule is CCCCCCCCOC(=O)CCc1cc(-n2nc3cccc(-c4cccs4)c3n2)c(O)c(C(C)(C)C)c1. The molecule has 4 rings (SSSR count). The van der Waals surface area contributed by atoms with Crippen LogP contribution in [0.25, 0.3) is 27.2 Å². The number of rotatable bonds is 12. The van der Waals surface area contributed by atoms with E-state index < -0.39 is 0 Å². The number of hydrogen-bond donors (Lipinski definition) is 1. The highest BCUT2D eigenvalue weighted by Crippen LogP contribution is 2.37. The summed E-state index contributed by atoms with van der Waals surface area (Å²) in [5, 5.41) is 22.8. The normalized spacial score (nSPS) is 11.8. The molecule has 38 heavy (non-hydrogen) atoms. The first-order chi connectivity index (χ1) is 18.3. The maximum absolute atomic E-state index is 12.4. The molecular weight excluding hydrogens is 494 g/mol. The van der Waals surface area contributed by atoms with E-state index in [0.29, 0.717) is 25.1 Å². The molecule has 0 amide bonds. The molecule has 6 nitrogen and oxygen atoms in total. The highest BCUT2D eigenvalue weighted by atomic mass is 32.1. The quantitative estimate of drug-likeness (QED) is 0.147.